The van der Waals surface area contributed by atoms with Gasteiger partial charge in [0.25, 0.3) is 0 Å². The van der Waals surface area contributed by atoms with Gasteiger partial charge < -0.3 is 10.0 Å². The van der Waals surface area contributed by atoms with Crippen molar-refractivity contribution in [3.63, 3.8) is 0 Å². The average Bonchev–Trinajstić information content (AvgIpc) is 2.24. The van der Waals surface area contributed by atoms with Gasteiger partial charge in [0, 0.05) is 32.2 Å². The molecule has 1 saturated heterocycles. The van der Waals surface area contributed by atoms with E-state index >= 15 is 0 Å². The Morgan fingerprint density at radius 1 is 1.27 bits per heavy atom. The lowest BCUT2D eigenvalue weighted by atomic mass is 9.80. The molecule has 1 aliphatic heterocycles. The molecule has 4 nitrogen and oxygen atoms in total. The van der Waals surface area contributed by atoms with Gasteiger partial charge in [0.2, 0.25) is 5.91 Å². The van der Waals surface area contributed by atoms with E-state index in [2.05, 4.69) is 11.8 Å². The Balaban J connectivity index is 1.75. The second kappa shape index (κ2) is 4.49. The van der Waals surface area contributed by atoms with Crippen molar-refractivity contribution in [1.82, 2.24) is 9.80 Å². The summed E-state index contributed by atoms with van der Waals surface area (Å²) in [6.07, 6.45) is 2.63. The highest BCUT2D eigenvalue weighted by atomic mass is 16.3. The van der Waals surface area contributed by atoms with Gasteiger partial charge in [-0.3, -0.25) is 9.69 Å². The lowest BCUT2D eigenvalue weighted by molar-refractivity contribution is -0.136. The summed E-state index contributed by atoms with van der Waals surface area (Å²) in [6.45, 7) is 5.46. The zero-order chi connectivity index (χ0) is 10.8. The van der Waals surface area contributed by atoms with Crippen LogP contribution in [0, 0.1) is 5.92 Å². The highest BCUT2D eigenvalue weighted by Gasteiger charge is 2.32. The number of rotatable bonds is 2. The molecule has 1 heterocycles. The molecule has 1 saturated carbocycles. The molecule has 1 amide bonds. The predicted octanol–water partition coefficient (Wildman–Crippen LogP) is -0.0786. The molecule has 1 N–H and O–H groups in total. The van der Waals surface area contributed by atoms with Crippen LogP contribution in [-0.2, 0) is 4.79 Å². The summed E-state index contributed by atoms with van der Waals surface area (Å²) in [5.41, 5.74) is 0. The summed E-state index contributed by atoms with van der Waals surface area (Å²) in [7, 11) is 0. The molecule has 1 aliphatic carbocycles. The molecule has 0 aromatic rings. The van der Waals surface area contributed by atoms with Crippen LogP contribution in [0.15, 0.2) is 0 Å². The number of aliphatic hydroxyl groups excluding tert-OH is 1. The van der Waals surface area contributed by atoms with E-state index in [-0.39, 0.29) is 12.5 Å². The molecule has 0 aromatic carbocycles. The molecule has 86 valence electrons. The summed E-state index contributed by atoms with van der Waals surface area (Å²) < 4.78 is 0. The first kappa shape index (κ1) is 10.9. The molecular weight excluding hydrogens is 192 g/mol. The van der Waals surface area contributed by atoms with Crippen molar-refractivity contribution in [3.8, 4) is 0 Å². The minimum atomic E-state index is -0.347. The number of piperazine rings is 1. The van der Waals surface area contributed by atoms with E-state index in [0.29, 0.717) is 0 Å². The predicted molar refractivity (Wildman–Crippen MR) is 57.4 cm³/mol. The fourth-order valence-corrected chi connectivity index (χ4v) is 2.59. The smallest absolute Gasteiger partial charge is 0.248 e. The van der Waals surface area contributed by atoms with E-state index in [9.17, 15) is 4.79 Å². The monoisotopic (exact) mass is 212 g/mol. The van der Waals surface area contributed by atoms with Crippen LogP contribution in [0.25, 0.3) is 0 Å². The number of carbonyl (C=O) groups excluding carboxylic acids is 1. The van der Waals surface area contributed by atoms with Crippen molar-refractivity contribution < 1.29 is 9.90 Å². The average molecular weight is 212 g/mol. The zero-order valence-corrected chi connectivity index (χ0v) is 9.35. The topological polar surface area (TPSA) is 43.8 Å². The summed E-state index contributed by atoms with van der Waals surface area (Å²) in [6, 6.07) is 0.756. The number of nitrogens with zero attached hydrogens (tertiary/aromatic N) is 2. The Morgan fingerprint density at radius 2 is 1.87 bits per heavy atom. The molecule has 0 bridgehead atoms. The second-order valence-corrected chi connectivity index (χ2v) is 4.81. The van der Waals surface area contributed by atoms with Gasteiger partial charge in [-0.1, -0.05) is 6.92 Å². The van der Waals surface area contributed by atoms with Gasteiger partial charge in [0.05, 0.1) is 0 Å². The molecule has 0 spiro atoms. The Kier molecular flexibility index (Phi) is 3.26. The highest BCUT2D eigenvalue weighted by molar-refractivity contribution is 5.77. The molecule has 15 heavy (non-hydrogen) atoms. The van der Waals surface area contributed by atoms with Crippen LogP contribution in [0.2, 0.25) is 0 Å². The van der Waals surface area contributed by atoms with E-state index < -0.39 is 0 Å². The summed E-state index contributed by atoms with van der Waals surface area (Å²) in [5.74, 6) is 0.753. The van der Waals surface area contributed by atoms with Crippen LogP contribution in [0.4, 0.5) is 0 Å². The summed E-state index contributed by atoms with van der Waals surface area (Å²) >= 11 is 0. The van der Waals surface area contributed by atoms with Gasteiger partial charge in [0.15, 0.2) is 0 Å². The van der Waals surface area contributed by atoms with Gasteiger partial charge in [-0.05, 0) is 18.8 Å². The van der Waals surface area contributed by atoms with Gasteiger partial charge in [-0.2, -0.15) is 0 Å². The SMILES string of the molecule is CC1CC(N2CCN(C(=O)CO)CC2)C1. The fraction of sp³-hybridized carbons (Fsp3) is 0.909. The lowest BCUT2D eigenvalue weighted by Crippen LogP contribution is -2.55. The van der Waals surface area contributed by atoms with Crippen molar-refractivity contribution in [2.45, 2.75) is 25.8 Å². The fourth-order valence-electron chi connectivity index (χ4n) is 2.59. The van der Waals surface area contributed by atoms with E-state index in [1.54, 1.807) is 4.90 Å². The number of aliphatic hydroxyl groups is 1. The van der Waals surface area contributed by atoms with Crippen LogP contribution < -0.4 is 0 Å². The van der Waals surface area contributed by atoms with Gasteiger partial charge in [-0.25, -0.2) is 0 Å². The second-order valence-electron chi connectivity index (χ2n) is 4.81. The molecule has 0 unspecified atom stereocenters. The van der Waals surface area contributed by atoms with E-state index in [4.69, 9.17) is 5.11 Å². The minimum Gasteiger partial charge on any atom is -0.387 e. The quantitative estimate of drug-likeness (QED) is 0.696. The van der Waals surface area contributed by atoms with Crippen molar-refractivity contribution in [1.29, 1.82) is 0 Å². The van der Waals surface area contributed by atoms with Crippen molar-refractivity contribution in [2.24, 2.45) is 5.92 Å². The van der Waals surface area contributed by atoms with Crippen molar-refractivity contribution in [2.75, 3.05) is 32.8 Å². The van der Waals surface area contributed by atoms with E-state index in [0.717, 1.165) is 38.1 Å². The third kappa shape index (κ3) is 2.32. The normalized spacial score (nSPS) is 32.5. The number of hydrogen-bond acceptors (Lipinski definition) is 3. The maximum Gasteiger partial charge on any atom is 0.248 e. The van der Waals surface area contributed by atoms with Gasteiger partial charge in [0.1, 0.15) is 6.61 Å². The van der Waals surface area contributed by atoms with Crippen LogP contribution in [0.5, 0.6) is 0 Å². The Hall–Kier alpha value is -0.610. The first-order chi connectivity index (χ1) is 7.20. The molecule has 0 aromatic heterocycles. The van der Waals surface area contributed by atoms with E-state index in [1.807, 2.05) is 0 Å². The Labute approximate surface area is 90.9 Å². The highest BCUT2D eigenvalue weighted by Crippen LogP contribution is 2.31. The molecule has 2 aliphatic rings. The van der Waals surface area contributed by atoms with E-state index in [1.165, 1.54) is 12.8 Å². The third-order valence-electron chi connectivity index (χ3n) is 3.67. The summed E-state index contributed by atoms with van der Waals surface area (Å²) in [4.78, 5) is 15.5. The molecular formula is C11H20N2O2. The van der Waals surface area contributed by atoms with Gasteiger partial charge in [-0.15, -0.1) is 0 Å². The number of carbonyl (C=O) groups is 1. The maximum absolute atomic E-state index is 11.2. The van der Waals surface area contributed by atoms with Gasteiger partial charge >= 0.3 is 0 Å². The molecule has 4 heteroatoms. The van der Waals surface area contributed by atoms with Crippen LogP contribution >= 0.6 is 0 Å². The summed E-state index contributed by atoms with van der Waals surface area (Å²) in [5, 5.41) is 8.75. The van der Waals surface area contributed by atoms with Crippen LogP contribution in [-0.4, -0.2) is 59.6 Å². The first-order valence-electron chi connectivity index (χ1n) is 5.83. The lowest BCUT2D eigenvalue weighted by Gasteiger charge is -2.45. The van der Waals surface area contributed by atoms with Crippen LogP contribution in [0.3, 0.4) is 0 Å². The zero-order valence-electron chi connectivity index (χ0n) is 9.35. The van der Waals surface area contributed by atoms with Crippen LogP contribution in [0.1, 0.15) is 19.8 Å². The Bertz CT molecular complexity index is 231. The molecule has 0 radical (unpaired) electrons. The van der Waals surface area contributed by atoms with Crippen molar-refractivity contribution >= 4 is 5.91 Å². The number of amides is 1. The molecule has 2 rings (SSSR count). The standard InChI is InChI=1S/C11H20N2O2/c1-9-6-10(7-9)12-2-4-13(5-3-12)11(15)8-14/h9-10,14H,2-8H2,1H3. The largest absolute Gasteiger partial charge is 0.387 e. The Morgan fingerprint density at radius 3 is 2.33 bits per heavy atom. The maximum atomic E-state index is 11.2. The molecule has 0 atom stereocenters. The molecule has 2 fully saturated rings. The number of hydrogen-bond donors (Lipinski definition) is 1. The third-order valence-corrected chi connectivity index (χ3v) is 3.67. The first-order valence-corrected chi connectivity index (χ1v) is 5.83. The van der Waals surface area contributed by atoms with Crippen molar-refractivity contribution in [3.05, 3.63) is 0 Å². The minimum absolute atomic E-state index is 0.128.